The molecule has 4 rings (SSSR count). The lowest BCUT2D eigenvalue weighted by molar-refractivity contribution is 0.102. The van der Waals surface area contributed by atoms with Gasteiger partial charge in [0, 0.05) is 16.6 Å². The van der Waals surface area contributed by atoms with Crippen LogP contribution in [0.2, 0.25) is 0 Å². The van der Waals surface area contributed by atoms with Gasteiger partial charge >= 0.3 is 0 Å². The van der Waals surface area contributed by atoms with Gasteiger partial charge in [-0.25, -0.2) is 4.98 Å². The van der Waals surface area contributed by atoms with Gasteiger partial charge in [0.25, 0.3) is 5.91 Å². The van der Waals surface area contributed by atoms with E-state index in [0.717, 1.165) is 39.0 Å². The zero-order valence-corrected chi connectivity index (χ0v) is 17.2. The number of fused-ring (bicyclic) bond motifs is 1. The summed E-state index contributed by atoms with van der Waals surface area (Å²) >= 11 is 0. The van der Waals surface area contributed by atoms with E-state index in [2.05, 4.69) is 37.4 Å². The molecule has 0 atom stereocenters. The van der Waals surface area contributed by atoms with E-state index in [4.69, 9.17) is 4.98 Å². The van der Waals surface area contributed by atoms with Crippen molar-refractivity contribution in [3.05, 3.63) is 94.5 Å². The van der Waals surface area contributed by atoms with E-state index in [0.29, 0.717) is 5.56 Å². The van der Waals surface area contributed by atoms with Crippen molar-refractivity contribution in [3.8, 4) is 11.3 Å². The average Bonchev–Trinajstić information content (AvgIpc) is 2.72. The van der Waals surface area contributed by atoms with Gasteiger partial charge in [0.1, 0.15) is 0 Å². The van der Waals surface area contributed by atoms with Crippen LogP contribution in [-0.2, 0) is 0 Å². The third-order valence-electron chi connectivity index (χ3n) is 5.48. The number of pyridine rings is 1. The second-order valence-corrected chi connectivity index (χ2v) is 7.59. The van der Waals surface area contributed by atoms with E-state index in [1.54, 1.807) is 0 Å². The van der Waals surface area contributed by atoms with Crippen molar-refractivity contribution in [1.82, 2.24) is 4.98 Å². The summed E-state index contributed by atoms with van der Waals surface area (Å²) in [6.07, 6.45) is 0. The number of anilines is 1. The topological polar surface area (TPSA) is 42.0 Å². The van der Waals surface area contributed by atoms with Crippen molar-refractivity contribution in [2.45, 2.75) is 27.7 Å². The molecule has 0 saturated heterocycles. The zero-order valence-electron chi connectivity index (χ0n) is 17.2. The molecular formula is C26H24N2O. The van der Waals surface area contributed by atoms with Gasteiger partial charge in [-0.2, -0.15) is 0 Å². The third-order valence-corrected chi connectivity index (χ3v) is 5.48. The van der Waals surface area contributed by atoms with Crippen LogP contribution in [0.15, 0.2) is 66.7 Å². The van der Waals surface area contributed by atoms with Crippen molar-refractivity contribution in [1.29, 1.82) is 0 Å². The second kappa shape index (κ2) is 7.51. The highest BCUT2D eigenvalue weighted by Gasteiger charge is 2.16. The summed E-state index contributed by atoms with van der Waals surface area (Å²) in [7, 11) is 0. The molecule has 0 aliphatic rings. The van der Waals surface area contributed by atoms with Crippen molar-refractivity contribution >= 4 is 22.5 Å². The summed E-state index contributed by atoms with van der Waals surface area (Å²) in [6.45, 7) is 8.20. The number of nitrogens with zero attached hydrogens (tertiary/aromatic N) is 1. The van der Waals surface area contributed by atoms with Crippen molar-refractivity contribution < 1.29 is 4.79 Å². The van der Waals surface area contributed by atoms with Gasteiger partial charge in [-0.15, -0.1) is 0 Å². The minimum atomic E-state index is -0.119. The van der Waals surface area contributed by atoms with Crippen molar-refractivity contribution in [2.24, 2.45) is 0 Å². The molecule has 0 aliphatic heterocycles. The van der Waals surface area contributed by atoms with Crippen LogP contribution in [0.25, 0.3) is 22.2 Å². The quantitative estimate of drug-likeness (QED) is 0.447. The Kier molecular flexibility index (Phi) is 4.89. The first kappa shape index (κ1) is 18.9. The lowest BCUT2D eigenvalue weighted by Gasteiger charge is -2.14. The molecule has 1 amide bonds. The fraction of sp³-hybridized carbons (Fsp3) is 0.154. The summed E-state index contributed by atoms with van der Waals surface area (Å²) in [5, 5.41) is 3.97. The number of aromatic nitrogens is 1. The maximum atomic E-state index is 13.3. The van der Waals surface area contributed by atoms with Crippen LogP contribution in [0, 0.1) is 27.7 Å². The highest BCUT2D eigenvalue weighted by molar-refractivity contribution is 6.13. The van der Waals surface area contributed by atoms with E-state index in [-0.39, 0.29) is 5.91 Å². The third kappa shape index (κ3) is 3.64. The molecule has 0 radical (unpaired) electrons. The van der Waals surface area contributed by atoms with Gasteiger partial charge < -0.3 is 5.32 Å². The fourth-order valence-corrected chi connectivity index (χ4v) is 3.60. The largest absolute Gasteiger partial charge is 0.321 e. The summed E-state index contributed by atoms with van der Waals surface area (Å²) in [6, 6.07) is 22.0. The molecule has 0 aliphatic carbocycles. The first-order chi connectivity index (χ1) is 13.9. The van der Waals surface area contributed by atoms with Crippen molar-refractivity contribution in [3.63, 3.8) is 0 Å². The fourth-order valence-electron chi connectivity index (χ4n) is 3.60. The first-order valence-corrected chi connectivity index (χ1v) is 9.79. The average molecular weight is 380 g/mol. The molecule has 0 unspecified atom stereocenters. The molecule has 1 aromatic heterocycles. The summed E-state index contributed by atoms with van der Waals surface area (Å²) in [5.41, 5.74) is 8.67. The first-order valence-electron chi connectivity index (χ1n) is 9.79. The molecule has 29 heavy (non-hydrogen) atoms. The number of aryl methyl sites for hydroxylation is 4. The van der Waals surface area contributed by atoms with E-state index in [1.165, 1.54) is 11.1 Å². The van der Waals surface area contributed by atoms with Gasteiger partial charge in [-0.05, 0) is 68.1 Å². The van der Waals surface area contributed by atoms with Crippen LogP contribution < -0.4 is 5.32 Å². The molecule has 4 aromatic rings. The number of benzene rings is 3. The minimum Gasteiger partial charge on any atom is -0.321 e. The van der Waals surface area contributed by atoms with Gasteiger partial charge in [0.2, 0.25) is 0 Å². The van der Waals surface area contributed by atoms with Crippen molar-refractivity contribution in [2.75, 3.05) is 5.32 Å². The normalized spacial score (nSPS) is 10.9. The number of rotatable bonds is 3. The van der Waals surface area contributed by atoms with E-state index in [1.807, 2.05) is 62.4 Å². The number of para-hydroxylation sites is 2. The molecular weight excluding hydrogens is 356 g/mol. The number of carbonyl (C=O) groups excluding carboxylic acids is 1. The summed E-state index contributed by atoms with van der Waals surface area (Å²) < 4.78 is 0. The molecule has 1 heterocycles. The second-order valence-electron chi connectivity index (χ2n) is 7.59. The molecule has 1 N–H and O–H groups in total. The lowest BCUT2D eigenvalue weighted by Crippen LogP contribution is -2.15. The highest BCUT2D eigenvalue weighted by atomic mass is 16.1. The predicted molar refractivity (Wildman–Crippen MR) is 121 cm³/mol. The Balaban J connectivity index is 1.84. The smallest absolute Gasteiger partial charge is 0.256 e. The molecule has 0 bridgehead atoms. The Morgan fingerprint density at radius 3 is 2.21 bits per heavy atom. The molecule has 3 nitrogen and oxygen atoms in total. The van der Waals surface area contributed by atoms with Gasteiger partial charge in [-0.3, -0.25) is 4.79 Å². The lowest BCUT2D eigenvalue weighted by atomic mass is 10.0. The zero-order chi connectivity index (χ0) is 20.5. The molecule has 3 aromatic carbocycles. The minimum absolute atomic E-state index is 0.119. The molecule has 0 fully saturated rings. The highest BCUT2D eigenvalue weighted by Crippen LogP contribution is 2.28. The Hall–Kier alpha value is -3.46. The molecule has 0 spiro atoms. The Labute approximate surface area is 171 Å². The number of hydrogen-bond acceptors (Lipinski definition) is 2. The maximum Gasteiger partial charge on any atom is 0.256 e. The number of amides is 1. The van der Waals surface area contributed by atoms with Gasteiger partial charge in [-0.1, -0.05) is 48.5 Å². The number of hydrogen-bond donors (Lipinski definition) is 1. The Morgan fingerprint density at radius 1 is 0.759 bits per heavy atom. The standard InChI is InChI=1S/C26H24N2O/c1-16-12-13-20(14-19(16)4)24-15-22(21-10-5-6-11-23(21)27-24)26(29)28-25-17(2)8-7-9-18(25)3/h5-15H,1-4H3,(H,28,29). The van der Waals surface area contributed by atoms with Crippen LogP contribution in [0.1, 0.15) is 32.6 Å². The Bertz CT molecular complexity index is 1220. The van der Waals surface area contributed by atoms with E-state index < -0.39 is 0 Å². The monoisotopic (exact) mass is 380 g/mol. The molecule has 3 heteroatoms. The van der Waals surface area contributed by atoms with Crippen LogP contribution in [0.3, 0.4) is 0 Å². The van der Waals surface area contributed by atoms with Crippen LogP contribution >= 0.6 is 0 Å². The summed E-state index contributed by atoms with van der Waals surface area (Å²) in [4.78, 5) is 18.1. The van der Waals surface area contributed by atoms with Gasteiger partial charge in [0.15, 0.2) is 0 Å². The van der Waals surface area contributed by atoms with E-state index in [9.17, 15) is 4.79 Å². The molecule has 0 saturated carbocycles. The number of carbonyl (C=O) groups is 1. The van der Waals surface area contributed by atoms with Crippen LogP contribution in [-0.4, -0.2) is 10.9 Å². The number of nitrogens with one attached hydrogen (secondary N) is 1. The van der Waals surface area contributed by atoms with Crippen LogP contribution in [0.5, 0.6) is 0 Å². The van der Waals surface area contributed by atoms with Crippen LogP contribution in [0.4, 0.5) is 5.69 Å². The predicted octanol–water partition coefficient (Wildman–Crippen LogP) is 6.39. The molecule has 144 valence electrons. The Morgan fingerprint density at radius 2 is 1.48 bits per heavy atom. The van der Waals surface area contributed by atoms with Gasteiger partial charge in [0.05, 0.1) is 16.8 Å². The summed E-state index contributed by atoms with van der Waals surface area (Å²) in [5.74, 6) is -0.119. The SMILES string of the molecule is Cc1ccc(-c2cc(C(=O)Nc3c(C)cccc3C)c3ccccc3n2)cc1C. The van der Waals surface area contributed by atoms with E-state index >= 15 is 0 Å². The maximum absolute atomic E-state index is 13.3.